The zero-order chi connectivity index (χ0) is 17.3. The maximum Gasteiger partial charge on any atom is 0.573 e. The molecule has 0 aliphatic rings. The van der Waals surface area contributed by atoms with Crippen LogP contribution in [0.3, 0.4) is 0 Å². The van der Waals surface area contributed by atoms with Crippen molar-refractivity contribution < 1.29 is 31.1 Å². The molecule has 0 aliphatic carbocycles. The fourth-order valence-corrected chi connectivity index (χ4v) is 2.21. The van der Waals surface area contributed by atoms with Crippen LogP contribution in [0.1, 0.15) is 11.1 Å². The lowest BCUT2D eigenvalue weighted by atomic mass is 9.98. The third kappa shape index (κ3) is 4.54. The first-order valence-electron chi connectivity index (χ1n) is 6.22. The van der Waals surface area contributed by atoms with Crippen LogP contribution >= 0.6 is 11.6 Å². The number of ether oxygens (including phenoxy) is 1. The number of hydrogen-bond acceptors (Lipinski definition) is 1. The smallest absolute Gasteiger partial charge is 0.406 e. The van der Waals surface area contributed by atoms with E-state index in [-0.39, 0.29) is 11.4 Å². The number of halogens is 7. The van der Waals surface area contributed by atoms with E-state index in [1.165, 1.54) is 18.2 Å². The molecular formula is C15H9ClF6O. The van der Waals surface area contributed by atoms with Gasteiger partial charge in [0, 0.05) is 5.88 Å². The van der Waals surface area contributed by atoms with Crippen LogP contribution in [0.25, 0.3) is 11.1 Å². The molecule has 0 radical (unpaired) electrons. The van der Waals surface area contributed by atoms with E-state index in [0.29, 0.717) is 11.1 Å². The third-order valence-corrected chi connectivity index (χ3v) is 3.27. The molecule has 2 rings (SSSR count). The molecule has 0 N–H and O–H groups in total. The normalized spacial score (nSPS) is 12.3. The van der Waals surface area contributed by atoms with E-state index in [1.54, 1.807) is 0 Å². The average Bonchev–Trinajstić information content (AvgIpc) is 2.45. The van der Waals surface area contributed by atoms with E-state index in [2.05, 4.69) is 4.74 Å². The maximum atomic E-state index is 12.8. The summed E-state index contributed by atoms with van der Waals surface area (Å²) in [4.78, 5) is 0. The predicted octanol–water partition coefficient (Wildman–Crippen LogP) is 6.01. The van der Waals surface area contributed by atoms with Crippen molar-refractivity contribution in [3.8, 4) is 16.9 Å². The summed E-state index contributed by atoms with van der Waals surface area (Å²) < 4.78 is 78.4. The standard InChI is InChI=1S/C15H9ClF6O/c16-8-10-1-4-11(14(17,18)19)7-13(10)9-2-5-12(6-3-9)23-15(20,21)22/h1-7H,8H2. The molecule has 0 aliphatic heterocycles. The van der Waals surface area contributed by atoms with Gasteiger partial charge in [0.15, 0.2) is 0 Å². The number of benzene rings is 2. The van der Waals surface area contributed by atoms with Crippen molar-refractivity contribution in [2.24, 2.45) is 0 Å². The van der Waals surface area contributed by atoms with Crippen LogP contribution in [-0.2, 0) is 12.1 Å². The Balaban J connectivity index is 2.40. The third-order valence-electron chi connectivity index (χ3n) is 2.98. The minimum Gasteiger partial charge on any atom is -0.406 e. The van der Waals surface area contributed by atoms with Crippen molar-refractivity contribution >= 4 is 11.6 Å². The van der Waals surface area contributed by atoms with E-state index in [9.17, 15) is 26.3 Å². The molecule has 0 saturated heterocycles. The molecule has 0 amide bonds. The summed E-state index contributed by atoms with van der Waals surface area (Å²) in [5.41, 5.74) is 0.0794. The minimum atomic E-state index is -4.83. The van der Waals surface area contributed by atoms with Gasteiger partial charge in [0.2, 0.25) is 0 Å². The summed E-state index contributed by atoms with van der Waals surface area (Å²) in [6.07, 6.45) is -9.36. The molecule has 0 atom stereocenters. The van der Waals surface area contributed by atoms with E-state index in [0.717, 1.165) is 24.3 Å². The van der Waals surface area contributed by atoms with Gasteiger partial charge < -0.3 is 4.74 Å². The number of alkyl halides is 7. The van der Waals surface area contributed by atoms with Crippen LogP contribution in [0.15, 0.2) is 42.5 Å². The molecule has 23 heavy (non-hydrogen) atoms. The summed E-state index contributed by atoms with van der Waals surface area (Å²) in [5, 5.41) is 0. The lowest BCUT2D eigenvalue weighted by Gasteiger charge is -2.13. The zero-order valence-corrected chi connectivity index (χ0v) is 12.1. The van der Waals surface area contributed by atoms with Crippen molar-refractivity contribution in [3.05, 3.63) is 53.6 Å². The van der Waals surface area contributed by atoms with E-state index >= 15 is 0 Å². The van der Waals surface area contributed by atoms with Gasteiger partial charge in [-0.2, -0.15) is 13.2 Å². The van der Waals surface area contributed by atoms with Gasteiger partial charge in [-0.15, -0.1) is 24.8 Å². The highest BCUT2D eigenvalue weighted by atomic mass is 35.5. The second-order valence-corrected chi connectivity index (χ2v) is 4.84. The van der Waals surface area contributed by atoms with Crippen LogP contribution in [-0.4, -0.2) is 6.36 Å². The number of hydrogen-bond donors (Lipinski definition) is 0. The van der Waals surface area contributed by atoms with E-state index in [1.807, 2.05) is 0 Å². The monoisotopic (exact) mass is 354 g/mol. The van der Waals surface area contributed by atoms with Crippen LogP contribution in [0.5, 0.6) is 5.75 Å². The lowest BCUT2D eigenvalue weighted by Crippen LogP contribution is -2.16. The molecule has 2 aromatic rings. The molecule has 1 nitrogen and oxygen atoms in total. The van der Waals surface area contributed by atoms with Crippen molar-refractivity contribution in [1.82, 2.24) is 0 Å². The SMILES string of the molecule is FC(F)(F)Oc1ccc(-c2cc(C(F)(F)F)ccc2CCl)cc1. The highest BCUT2D eigenvalue weighted by molar-refractivity contribution is 6.17. The van der Waals surface area contributed by atoms with Gasteiger partial charge in [-0.3, -0.25) is 0 Å². The van der Waals surface area contributed by atoms with Gasteiger partial charge in [-0.05, 0) is 41.0 Å². The van der Waals surface area contributed by atoms with E-state index < -0.39 is 23.9 Å². The second kappa shape index (κ2) is 6.31. The summed E-state index contributed by atoms with van der Waals surface area (Å²) in [6.45, 7) is 0. The summed E-state index contributed by atoms with van der Waals surface area (Å²) in [5.74, 6) is -0.491. The molecule has 0 bridgehead atoms. The molecule has 0 aromatic heterocycles. The van der Waals surface area contributed by atoms with E-state index in [4.69, 9.17) is 11.6 Å². The van der Waals surface area contributed by atoms with Gasteiger partial charge in [0.1, 0.15) is 5.75 Å². The van der Waals surface area contributed by atoms with Gasteiger partial charge in [0.05, 0.1) is 5.56 Å². The highest BCUT2D eigenvalue weighted by Gasteiger charge is 2.32. The topological polar surface area (TPSA) is 9.23 Å². The zero-order valence-electron chi connectivity index (χ0n) is 11.3. The molecule has 0 saturated carbocycles. The molecule has 8 heteroatoms. The van der Waals surface area contributed by atoms with Gasteiger partial charge in [-0.1, -0.05) is 18.2 Å². The van der Waals surface area contributed by atoms with Crippen LogP contribution in [0.4, 0.5) is 26.3 Å². The first kappa shape index (κ1) is 17.5. The van der Waals surface area contributed by atoms with Crippen molar-refractivity contribution in [2.45, 2.75) is 18.4 Å². The molecule has 0 fully saturated rings. The minimum absolute atomic E-state index is 0.0335. The summed E-state index contributed by atoms with van der Waals surface area (Å²) >= 11 is 5.71. The molecule has 2 aromatic carbocycles. The van der Waals surface area contributed by atoms with Gasteiger partial charge in [0.25, 0.3) is 0 Å². The first-order valence-corrected chi connectivity index (χ1v) is 6.76. The van der Waals surface area contributed by atoms with Crippen LogP contribution in [0, 0.1) is 0 Å². The van der Waals surface area contributed by atoms with Gasteiger partial charge >= 0.3 is 12.5 Å². The predicted molar refractivity (Wildman–Crippen MR) is 73.1 cm³/mol. The summed E-state index contributed by atoms with van der Waals surface area (Å²) in [7, 11) is 0. The van der Waals surface area contributed by atoms with Crippen LogP contribution < -0.4 is 4.74 Å². The fraction of sp³-hybridized carbons (Fsp3) is 0.200. The molecule has 124 valence electrons. The van der Waals surface area contributed by atoms with Gasteiger partial charge in [-0.25, -0.2) is 0 Å². The Labute approximate surface area is 132 Å². The Morgan fingerprint density at radius 3 is 1.96 bits per heavy atom. The largest absolute Gasteiger partial charge is 0.573 e. The quantitative estimate of drug-likeness (QED) is 0.484. The van der Waals surface area contributed by atoms with Crippen molar-refractivity contribution in [3.63, 3.8) is 0 Å². The second-order valence-electron chi connectivity index (χ2n) is 4.58. The Bertz CT molecular complexity index is 676. The van der Waals surface area contributed by atoms with Crippen LogP contribution in [0.2, 0.25) is 0 Å². The molecule has 0 heterocycles. The molecule has 0 spiro atoms. The molecule has 0 unspecified atom stereocenters. The molecular weight excluding hydrogens is 346 g/mol. The Morgan fingerprint density at radius 2 is 1.48 bits per heavy atom. The first-order chi connectivity index (χ1) is 10.6. The Hall–Kier alpha value is -1.89. The fourth-order valence-electron chi connectivity index (χ4n) is 1.97. The Kier molecular flexibility index (Phi) is 4.79. The average molecular weight is 355 g/mol. The number of rotatable bonds is 3. The van der Waals surface area contributed by atoms with Crippen molar-refractivity contribution in [2.75, 3.05) is 0 Å². The summed E-state index contributed by atoms with van der Waals surface area (Å²) in [6, 6.07) is 7.60. The maximum absolute atomic E-state index is 12.8. The highest BCUT2D eigenvalue weighted by Crippen LogP contribution is 2.35. The van der Waals surface area contributed by atoms with Crippen molar-refractivity contribution in [1.29, 1.82) is 0 Å². The lowest BCUT2D eigenvalue weighted by molar-refractivity contribution is -0.274. The Morgan fingerprint density at radius 1 is 0.870 bits per heavy atom.